The first-order valence-corrected chi connectivity index (χ1v) is 8.12. The van der Waals surface area contributed by atoms with Gasteiger partial charge in [-0.2, -0.15) is 0 Å². The zero-order valence-electron chi connectivity index (χ0n) is 13.4. The number of nitrogens with zero attached hydrogens (tertiary/aromatic N) is 3. The second-order valence-corrected chi connectivity index (χ2v) is 6.08. The molecule has 1 saturated carbocycles. The van der Waals surface area contributed by atoms with Crippen LogP contribution in [0.3, 0.4) is 0 Å². The molecule has 6 heteroatoms. The van der Waals surface area contributed by atoms with Crippen LogP contribution in [-0.2, 0) is 11.3 Å². The lowest BCUT2D eigenvalue weighted by atomic mass is 9.95. The number of hydrogen-bond acceptors (Lipinski definition) is 4. The molecule has 6 nitrogen and oxygen atoms in total. The summed E-state index contributed by atoms with van der Waals surface area (Å²) in [6, 6.07) is 3.87. The third-order valence-electron chi connectivity index (χ3n) is 4.67. The van der Waals surface area contributed by atoms with E-state index in [0.29, 0.717) is 19.0 Å². The summed E-state index contributed by atoms with van der Waals surface area (Å²) >= 11 is 0. The number of aryl methyl sites for hydroxylation is 1. The van der Waals surface area contributed by atoms with Crippen LogP contribution in [-0.4, -0.2) is 27.0 Å². The SMILES string of the molecule is Cc1nccn1-c1ncccc1CNC(=O)[C@@H]1CCC[C@@H]1CN. The zero-order valence-corrected chi connectivity index (χ0v) is 13.4. The van der Waals surface area contributed by atoms with Gasteiger partial charge in [0, 0.05) is 36.6 Å². The fourth-order valence-electron chi connectivity index (χ4n) is 3.36. The van der Waals surface area contributed by atoms with Gasteiger partial charge in [0.2, 0.25) is 5.91 Å². The van der Waals surface area contributed by atoms with E-state index in [1.807, 2.05) is 29.8 Å². The van der Waals surface area contributed by atoms with Crippen molar-refractivity contribution in [2.24, 2.45) is 17.6 Å². The van der Waals surface area contributed by atoms with E-state index in [4.69, 9.17) is 5.73 Å². The summed E-state index contributed by atoms with van der Waals surface area (Å²) in [5, 5.41) is 3.06. The van der Waals surface area contributed by atoms with Crippen LogP contribution in [0.15, 0.2) is 30.7 Å². The summed E-state index contributed by atoms with van der Waals surface area (Å²) in [7, 11) is 0. The molecule has 1 amide bonds. The van der Waals surface area contributed by atoms with E-state index in [-0.39, 0.29) is 11.8 Å². The van der Waals surface area contributed by atoms with Crippen molar-refractivity contribution < 1.29 is 4.79 Å². The van der Waals surface area contributed by atoms with E-state index < -0.39 is 0 Å². The summed E-state index contributed by atoms with van der Waals surface area (Å²) in [6.07, 6.45) is 8.46. The molecule has 3 N–H and O–H groups in total. The Morgan fingerprint density at radius 2 is 2.26 bits per heavy atom. The van der Waals surface area contributed by atoms with Gasteiger partial charge in [0.25, 0.3) is 0 Å². The van der Waals surface area contributed by atoms with Gasteiger partial charge in [-0.25, -0.2) is 9.97 Å². The lowest BCUT2D eigenvalue weighted by Gasteiger charge is -2.18. The van der Waals surface area contributed by atoms with Crippen LogP contribution in [0, 0.1) is 18.8 Å². The van der Waals surface area contributed by atoms with Crippen LogP contribution in [0.4, 0.5) is 0 Å². The van der Waals surface area contributed by atoms with Gasteiger partial charge in [-0.15, -0.1) is 0 Å². The highest BCUT2D eigenvalue weighted by molar-refractivity contribution is 5.79. The summed E-state index contributed by atoms with van der Waals surface area (Å²) in [6.45, 7) is 2.99. The van der Waals surface area contributed by atoms with E-state index in [1.54, 1.807) is 12.4 Å². The van der Waals surface area contributed by atoms with E-state index in [1.165, 1.54) is 0 Å². The molecule has 1 aliphatic rings. The van der Waals surface area contributed by atoms with Crippen molar-refractivity contribution >= 4 is 5.91 Å². The lowest BCUT2D eigenvalue weighted by Crippen LogP contribution is -2.34. The Balaban J connectivity index is 1.72. The zero-order chi connectivity index (χ0) is 16.2. The Morgan fingerprint density at radius 3 is 3.00 bits per heavy atom. The van der Waals surface area contributed by atoms with Crippen molar-refractivity contribution in [3.05, 3.63) is 42.1 Å². The Hall–Kier alpha value is -2.21. The second kappa shape index (κ2) is 6.91. The molecule has 3 rings (SSSR count). The van der Waals surface area contributed by atoms with Gasteiger partial charge in [-0.3, -0.25) is 9.36 Å². The Morgan fingerprint density at radius 1 is 1.39 bits per heavy atom. The number of aromatic nitrogens is 3. The highest BCUT2D eigenvalue weighted by atomic mass is 16.1. The average molecular weight is 313 g/mol. The smallest absolute Gasteiger partial charge is 0.223 e. The fourth-order valence-corrected chi connectivity index (χ4v) is 3.36. The maximum absolute atomic E-state index is 12.4. The fraction of sp³-hybridized carbons (Fsp3) is 0.471. The summed E-state index contributed by atoms with van der Waals surface area (Å²) in [4.78, 5) is 21.1. The largest absolute Gasteiger partial charge is 0.352 e. The van der Waals surface area contributed by atoms with Gasteiger partial charge in [0.05, 0.1) is 0 Å². The van der Waals surface area contributed by atoms with Crippen molar-refractivity contribution in [2.75, 3.05) is 6.54 Å². The quantitative estimate of drug-likeness (QED) is 0.877. The molecule has 0 spiro atoms. The average Bonchev–Trinajstić information content (AvgIpc) is 3.21. The van der Waals surface area contributed by atoms with E-state index in [2.05, 4.69) is 15.3 Å². The van der Waals surface area contributed by atoms with Crippen molar-refractivity contribution in [1.82, 2.24) is 19.9 Å². The Kier molecular flexibility index (Phi) is 4.71. The van der Waals surface area contributed by atoms with Gasteiger partial charge in [-0.05, 0) is 38.3 Å². The third kappa shape index (κ3) is 3.27. The molecule has 0 radical (unpaired) electrons. The molecule has 0 aromatic carbocycles. The monoisotopic (exact) mass is 313 g/mol. The van der Waals surface area contributed by atoms with Gasteiger partial charge >= 0.3 is 0 Å². The molecule has 0 saturated heterocycles. The molecule has 1 fully saturated rings. The minimum absolute atomic E-state index is 0.0510. The minimum atomic E-state index is 0.0510. The van der Waals surface area contributed by atoms with Crippen LogP contribution in [0.25, 0.3) is 5.82 Å². The molecule has 2 aromatic heterocycles. The van der Waals surface area contributed by atoms with Crippen LogP contribution < -0.4 is 11.1 Å². The van der Waals surface area contributed by atoms with Gasteiger partial charge in [0.1, 0.15) is 11.6 Å². The first-order valence-electron chi connectivity index (χ1n) is 8.12. The molecule has 0 aliphatic heterocycles. The topological polar surface area (TPSA) is 85.8 Å². The molecule has 0 unspecified atom stereocenters. The van der Waals surface area contributed by atoms with Crippen molar-refractivity contribution in [3.63, 3.8) is 0 Å². The Labute approximate surface area is 136 Å². The highest BCUT2D eigenvalue weighted by Gasteiger charge is 2.31. The molecule has 2 atom stereocenters. The predicted molar refractivity (Wildman–Crippen MR) is 87.8 cm³/mol. The molecule has 2 heterocycles. The molecule has 1 aliphatic carbocycles. The van der Waals surface area contributed by atoms with Crippen LogP contribution in [0.1, 0.15) is 30.7 Å². The normalized spacial score (nSPS) is 20.6. The minimum Gasteiger partial charge on any atom is -0.352 e. The van der Waals surface area contributed by atoms with E-state index in [9.17, 15) is 4.79 Å². The van der Waals surface area contributed by atoms with Crippen LogP contribution in [0.5, 0.6) is 0 Å². The number of rotatable bonds is 5. The molecule has 23 heavy (non-hydrogen) atoms. The number of imidazole rings is 1. The number of amides is 1. The van der Waals surface area contributed by atoms with Crippen molar-refractivity contribution in [1.29, 1.82) is 0 Å². The molecular formula is C17H23N5O. The maximum Gasteiger partial charge on any atom is 0.223 e. The molecule has 122 valence electrons. The number of carbonyl (C=O) groups excluding carboxylic acids is 1. The standard InChI is InChI=1S/C17H23N5O/c1-12-19-8-9-22(12)16-14(5-3-7-20-16)11-21-17(23)15-6-2-4-13(15)10-18/h3,5,7-9,13,15H,2,4,6,10-11,18H2,1H3,(H,21,23)/t13-,15-/m1/s1. The van der Waals surface area contributed by atoms with Crippen LogP contribution in [0.2, 0.25) is 0 Å². The molecule has 0 bridgehead atoms. The number of pyridine rings is 1. The van der Waals surface area contributed by atoms with Crippen molar-refractivity contribution in [3.8, 4) is 5.82 Å². The Bertz CT molecular complexity index is 681. The first kappa shape index (κ1) is 15.7. The number of hydrogen-bond donors (Lipinski definition) is 2. The van der Waals surface area contributed by atoms with Crippen LogP contribution >= 0.6 is 0 Å². The first-order chi connectivity index (χ1) is 11.2. The molecular weight excluding hydrogens is 290 g/mol. The van der Waals surface area contributed by atoms with Gasteiger partial charge in [0.15, 0.2) is 0 Å². The van der Waals surface area contributed by atoms with Gasteiger partial charge in [-0.1, -0.05) is 12.5 Å². The molecule has 2 aromatic rings. The van der Waals surface area contributed by atoms with Crippen molar-refractivity contribution in [2.45, 2.75) is 32.7 Å². The summed E-state index contributed by atoms with van der Waals surface area (Å²) in [5.74, 6) is 2.16. The number of nitrogens with one attached hydrogen (secondary N) is 1. The summed E-state index contributed by atoms with van der Waals surface area (Å²) in [5.41, 5.74) is 6.75. The third-order valence-corrected chi connectivity index (χ3v) is 4.67. The van der Waals surface area contributed by atoms with E-state index >= 15 is 0 Å². The number of carbonyl (C=O) groups is 1. The number of nitrogens with two attached hydrogens (primary N) is 1. The van der Waals surface area contributed by atoms with E-state index in [0.717, 1.165) is 36.5 Å². The lowest BCUT2D eigenvalue weighted by molar-refractivity contribution is -0.126. The maximum atomic E-state index is 12.4. The summed E-state index contributed by atoms with van der Waals surface area (Å²) < 4.78 is 1.93. The highest BCUT2D eigenvalue weighted by Crippen LogP contribution is 2.31. The van der Waals surface area contributed by atoms with Gasteiger partial charge < -0.3 is 11.1 Å². The predicted octanol–water partition coefficient (Wildman–Crippen LogP) is 1.57. The second-order valence-electron chi connectivity index (χ2n) is 6.08.